The van der Waals surface area contributed by atoms with Crippen LogP contribution in [0.2, 0.25) is 0 Å². The number of amides is 2. The van der Waals surface area contributed by atoms with Gasteiger partial charge in [-0.2, -0.15) is 0 Å². The average Bonchev–Trinajstić information content (AvgIpc) is 2.08. The maximum atomic E-state index is 11.4. The summed E-state index contributed by atoms with van der Waals surface area (Å²) in [5, 5.41) is 0. The van der Waals surface area contributed by atoms with Gasteiger partial charge < -0.3 is 15.5 Å². The predicted molar refractivity (Wildman–Crippen MR) is 55.6 cm³/mol. The molecule has 1 rings (SSSR count). The topological polar surface area (TPSA) is 66.6 Å². The van der Waals surface area contributed by atoms with Crippen LogP contribution < -0.4 is 5.73 Å². The molecule has 78 valence electrons. The zero-order valence-electron chi connectivity index (χ0n) is 8.02. The van der Waals surface area contributed by atoms with Crippen LogP contribution in [0.1, 0.15) is 6.42 Å². The van der Waals surface area contributed by atoms with Gasteiger partial charge in [0.15, 0.2) is 0 Å². The molecule has 2 N–H and O–H groups in total. The van der Waals surface area contributed by atoms with E-state index in [1.54, 1.807) is 11.9 Å². The smallest absolute Gasteiger partial charge is 0.241 e. The summed E-state index contributed by atoms with van der Waals surface area (Å²) < 4.78 is 0. The minimum Gasteiger partial charge on any atom is -0.393 e. The van der Waals surface area contributed by atoms with Crippen LogP contribution in [0.5, 0.6) is 0 Å². The Bertz CT molecular complexity index is 280. The number of nitrogens with zero attached hydrogens (tertiary/aromatic N) is 2. The zero-order chi connectivity index (χ0) is 10.7. The van der Waals surface area contributed by atoms with Gasteiger partial charge in [0.1, 0.15) is 0 Å². The normalized spacial score (nSPS) is 17.1. The van der Waals surface area contributed by atoms with Crippen LogP contribution >= 0.6 is 12.2 Å². The van der Waals surface area contributed by atoms with Gasteiger partial charge in [-0.25, -0.2) is 0 Å². The third kappa shape index (κ3) is 2.66. The SMILES string of the molecule is CN1CCN(C(=O)CC(N)=S)CC1=O. The largest absolute Gasteiger partial charge is 0.393 e. The second-order valence-corrected chi connectivity index (χ2v) is 3.80. The highest BCUT2D eigenvalue weighted by atomic mass is 32.1. The summed E-state index contributed by atoms with van der Waals surface area (Å²) in [6.45, 7) is 1.27. The maximum absolute atomic E-state index is 11.4. The second-order valence-electron chi connectivity index (χ2n) is 3.27. The molecule has 14 heavy (non-hydrogen) atoms. The van der Waals surface area contributed by atoms with E-state index in [4.69, 9.17) is 5.73 Å². The first-order valence-electron chi connectivity index (χ1n) is 4.30. The zero-order valence-corrected chi connectivity index (χ0v) is 8.84. The molecule has 1 aliphatic rings. The van der Waals surface area contributed by atoms with E-state index >= 15 is 0 Å². The summed E-state index contributed by atoms with van der Waals surface area (Å²) >= 11 is 4.63. The molecule has 2 amide bonds. The van der Waals surface area contributed by atoms with Crippen molar-refractivity contribution in [1.82, 2.24) is 9.80 Å². The van der Waals surface area contributed by atoms with Gasteiger partial charge in [0, 0.05) is 20.1 Å². The Morgan fingerprint density at radius 3 is 2.71 bits per heavy atom. The lowest BCUT2D eigenvalue weighted by Gasteiger charge is -2.31. The molecule has 0 radical (unpaired) electrons. The van der Waals surface area contributed by atoms with Crippen molar-refractivity contribution in [2.45, 2.75) is 6.42 Å². The molecule has 1 heterocycles. The summed E-state index contributed by atoms with van der Waals surface area (Å²) in [6, 6.07) is 0. The van der Waals surface area contributed by atoms with Gasteiger partial charge in [0.2, 0.25) is 11.8 Å². The number of thiocarbonyl (C=S) groups is 1. The van der Waals surface area contributed by atoms with Crippen molar-refractivity contribution >= 4 is 29.0 Å². The van der Waals surface area contributed by atoms with E-state index in [1.807, 2.05) is 0 Å². The highest BCUT2D eigenvalue weighted by molar-refractivity contribution is 7.80. The highest BCUT2D eigenvalue weighted by Crippen LogP contribution is 2.03. The van der Waals surface area contributed by atoms with E-state index in [9.17, 15) is 9.59 Å². The van der Waals surface area contributed by atoms with Crippen molar-refractivity contribution in [3.63, 3.8) is 0 Å². The van der Waals surface area contributed by atoms with Crippen LogP contribution in [0.3, 0.4) is 0 Å². The summed E-state index contributed by atoms with van der Waals surface area (Å²) in [5.41, 5.74) is 5.25. The van der Waals surface area contributed by atoms with Crippen LogP contribution in [-0.2, 0) is 9.59 Å². The molecule has 1 aliphatic heterocycles. The number of nitrogens with two attached hydrogens (primary N) is 1. The Kier molecular flexibility index (Phi) is 3.40. The Labute approximate surface area is 87.8 Å². The number of likely N-dealkylation sites (N-methyl/N-ethyl adjacent to an activating group) is 1. The molecule has 6 heteroatoms. The molecule has 1 fully saturated rings. The Hall–Kier alpha value is -1.17. The maximum Gasteiger partial charge on any atom is 0.241 e. The summed E-state index contributed by atoms with van der Waals surface area (Å²) in [6.07, 6.45) is 0.0479. The molecule has 1 saturated heterocycles. The Balaban J connectivity index is 2.50. The van der Waals surface area contributed by atoms with E-state index < -0.39 is 0 Å². The molecule has 0 aromatic carbocycles. The lowest BCUT2D eigenvalue weighted by atomic mass is 10.3. The van der Waals surface area contributed by atoms with Crippen molar-refractivity contribution in [2.75, 3.05) is 26.7 Å². The highest BCUT2D eigenvalue weighted by Gasteiger charge is 2.24. The molecule has 0 atom stereocenters. The number of carbonyl (C=O) groups is 2. The monoisotopic (exact) mass is 215 g/mol. The number of hydrogen-bond donors (Lipinski definition) is 1. The van der Waals surface area contributed by atoms with E-state index in [1.165, 1.54) is 4.90 Å². The molecular weight excluding hydrogens is 202 g/mol. The van der Waals surface area contributed by atoms with Crippen molar-refractivity contribution in [1.29, 1.82) is 0 Å². The fourth-order valence-electron chi connectivity index (χ4n) is 1.23. The summed E-state index contributed by atoms with van der Waals surface area (Å²) in [4.78, 5) is 26.0. The Morgan fingerprint density at radius 2 is 2.21 bits per heavy atom. The van der Waals surface area contributed by atoms with Crippen LogP contribution in [0, 0.1) is 0 Å². The standard InChI is InChI=1S/C8H13N3O2S/c1-10-2-3-11(5-8(10)13)7(12)4-6(9)14/h2-5H2,1H3,(H2,9,14). The summed E-state index contributed by atoms with van der Waals surface area (Å²) in [7, 11) is 1.72. The molecule has 0 aromatic rings. The quantitative estimate of drug-likeness (QED) is 0.598. The third-order valence-corrected chi connectivity index (χ3v) is 2.28. The molecule has 0 bridgehead atoms. The number of piperazine rings is 1. The fraction of sp³-hybridized carbons (Fsp3) is 0.625. The molecular formula is C8H13N3O2S. The lowest BCUT2D eigenvalue weighted by Crippen LogP contribution is -2.51. The van der Waals surface area contributed by atoms with Gasteiger partial charge in [-0.15, -0.1) is 0 Å². The van der Waals surface area contributed by atoms with Crippen LogP contribution in [0.4, 0.5) is 0 Å². The van der Waals surface area contributed by atoms with Crippen molar-refractivity contribution in [2.24, 2.45) is 5.73 Å². The van der Waals surface area contributed by atoms with E-state index in [-0.39, 0.29) is 29.8 Å². The lowest BCUT2D eigenvalue weighted by molar-refractivity contribution is -0.143. The molecule has 5 nitrogen and oxygen atoms in total. The summed E-state index contributed by atoms with van der Waals surface area (Å²) in [5.74, 6) is -0.216. The number of rotatable bonds is 2. The minimum absolute atomic E-state index is 0.0479. The van der Waals surface area contributed by atoms with Gasteiger partial charge in [-0.05, 0) is 0 Å². The molecule has 0 spiro atoms. The van der Waals surface area contributed by atoms with Gasteiger partial charge in [-0.3, -0.25) is 9.59 Å². The third-order valence-electron chi connectivity index (χ3n) is 2.14. The minimum atomic E-state index is -0.168. The van der Waals surface area contributed by atoms with E-state index in [0.29, 0.717) is 13.1 Å². The van der Waals surface area contributed by atoms with Gasteiger partial charge in [-0.1, -0.05) is 12.2 Å². The fourth-order valence-corrected chi connectivity index (χ4v) is 1.36. The van der Waals surface area contributed by atoms with Crippen molar-refractivity contribution < 1.29 is 9.59 Å². The van der Waals surface area contributed by atoms with Crippen LogP contribution in [-0.4, -0.2) is 53.3 Å². The Morgan fingerprint density at radius 1 is 1.57 bits per heavy atom. The molecule has 0 unspecified atom stereocenters. The van der Waals surface area contributed by atoms with Gasteiger partial charge in [0.05, 0.1) is 18.0 Å². The van der Waals surface area contributed by atoms with Gasteiger partial charge >= 0.3 is 0 Å². The first kappa shape index (κ1) is 10.9. The first-order valence-corrected chi connectivity index (χ1v) is 4.71. The molecule has 0 saturated carbocycles. The predicted octanol–water partition coefficient (Wildman–Crippen LogP) is -1.04. The first-order chi connectivity index (χ1) is 6.50. The van der Waals surface area contributed by atoms with Crippen LogP contribution in [0.15, 0.2) is 0 Å². The second kappa shape index (κ2) is 4.36. The van der Waals surface area contributed by atoms with E-state index in [0.717, 1.165) is 0 Å². The number of hydrogen-bond acceptors (Lipinski definition) is 3. The van der Waals surface area contributed by atoms with Crippen molar-refractivity contribution in [3.05, 3.63) is 0 Å². The number of carbonyl (C=O) groups excluding carboxylic acids is 2. The average molecular weight is 215 g/mol. The van der Waals surface area contributed by atoms with Gasteiger partial charge in [0.25, 0.3) is 0 Å². The molecule has 0 aliphatic carbocycles. The van der Waals surface area contributed by atoms with Crippen LogP contribution in [0.25, 0.3) is 0 Å². The van der Waals surface area contributed by atoms with Crippen molar-refractivity contribution in [3.8, 4) is 0 Å². The molecule has 0 aromatic heterocycles. The van der Waals surface area contributed by atoms with E-state index in [2.05, 4.69) is 12.2 Å².